The predicted molar refractivity (Wildman–Crippen MR) is 58.1 cm³/mol. The van der Waals surface area contributed by atoms with Crippen molar-refractivity contribution in [2.45, 2.75) is 0 Å². The van der Waals surface area contributed by atoms with Crippen molar-refractivity contribution >= 4 is 5.97 Å². The van der Waals surface area contributed by atoms with E-state index in [0.29, 0.717) is 11.3 Å². The van der Waals surface area contributed by atoms with Crippen LogP contribution in [0.2, 0.25) is 0 Å². The quantitative estimate of drug-likeness (QED) is 0.572. The summed E-state index contributed by atoms with van der Waals surface area (Å²) in [7, 11) is 0. The number of esters is 1. The van der Waals surface area contributed by atoms with Gasteiger partial charge in [0, 0.05) is 12.4 Å². The van der Waals surface area contributed by atoms with Crippen LogP contribution in [-0.2, 0) is 0 Å². The Morgan fingerprint density at radius 3 is 2.41 bits per heavy atom. The van der Waals surface area contributed by atoms with Crippen molar-refractivity contribution in [1.82, 2.24) is 9.97 Å². The third-order valence-electron chi connectivity index (χ3n) is 1.99. The van der Waals surface area contributed by atoms with Gasteiger partial charge in [-0.15, -0.1) is 0 Å². The Labute approximate surface area is 97.3 Å². The van der Waals surface area contributed by atoms with Crippen molar-refractivity contribution in [2.24, 2.45) is 0 Å². The molecule has 2 rings (SSSR count). The highest BCUT2D eigenvalue weighted by Crippen LogP contribution is 2.13. The molecule has 1 heterocycles. The SMILES string of the molecule is N#Cc1ccc(OC(=O)c2cncnc2)cc1. The van der Waals surface area contributed by atoms with Gasteiger partial charge in [-0.05, 0) is 24.3 Å². The Hall–Kier alpha value is -2.74. The summed E-state index contributed by atoms with van der Waals surface area (Å²) in [6.07, 6.45) is 4.08. The van der Waals surface area contributed by atoms with Crippen molar-refractivity contribution < 1.29 is 9.53 Å². The summed E-state index contributed by atoms with van der Waals surface area (Å²) in [5, 5.41) is 8.61. The molecule has 0 saturated carbocycles. The van der Waals surface area contributed by atoms with Crippen LogP contribution in [0.1, 0.15) is 15.9 Å². The van der Waals surface area contributed by atoms with E-state index in [9.17, 15) is 4.79 Å². The first-order valence-electron chi connectivity index (χ1n) is 4.77. The fourth-order valence-corrected chi connectivity index (χ4v) is 1.17. The molecule has 0 aliphatic heterocycles. The molecule has 1 aromatic carbocycles. The number of carbonyl (C=O) groups is 1. The van der Waals surface area contributed by atoms with Crippen LogP contribution in [0.3, 0.4) is 0 Å². The van der Waals surface area contributed by atoms with Crippen LogP contribution in [0.15, 0.2) is 43.0 Å². The minimum atomic E-state index is -0.532. The van der Waals surface area contributed by atoms with E-state index in [1.165, 1.54) is 18.7 Å². The number of aromatic nitrogens is 2. The normalized spacial score (nSPS) is 9.35. The number of carbonyl (C=O) groups excluding carboxylic acids is 1. The number of benzene rings is 1. The molecule has 0 amide bonds. The number of nitrogens with zero attached hydrogens (tertiary/aromatic N) is 3. The molecule has 2 aromatic rings. The zero-order chi connectivity index (χ0) is 12.1. The number of ether oxygens (including phenoxy) is 1. The van der Waals surface area contributed by atoms with Gasteiger partial charge in [-0.2, -0.15) is 5.26 Å². The summed E-state index contributed by atoms with van der Waals surface area (Å²) in [6.45, 7) is 0. The van der Waals surface area contributed by atoms with Crippen LogP contribution in [0.5, 0.6) is 5.75 Å². The van der Waals surface area contributed by atoms with Crippen molar-refractivity contribution in [3.63, 3.8) is 0 Å². The fourth-order valence-electron chi connectivity index (χ4n) is 1.17. The zero-order valence-corrected chi connectivity index (χ0v) is 8.70. The highest BCUT2D eigenvalue weighted by Gasteiger charge is 2.08. The first kappa shape index (κ1) is 10.8. The average Bonchev–Trinajstić information content (AvgIpc) is 2.40. The molecule has 0 N–H and O–H groups in total. The van der Waals surface area contributed by atoms with E-state index in [2.05, 4.69) is 9.97 Å². The van der Waals surface area contributed by atoms with Crippen LogP contribution in [0, 0.1) is 11.3 Å². The van der Waals surface area contributed by atoms with Gasteiger partial charge in [0.15, 0.2) is 0 Å². The Bertz CT molecular complexity index is 559. The van der Waals surface area contributed by atoms with Gasteiger partial charge >= 0.3 is 5.97 Å². The van der Waals surface area contributed by atoms with Crippen LogP contribution in [0.4, 0.5) is 0 Å². The standard InChI is InChI=1S/C12H7N3O2/c13-5-9-1-3-11(4-2-9)17-12(16)10-6-14-8-15-7-10/h1-4,6-8H. The Balaban J connectivity index is 2.11. The van der Waals surface area contributed by atoms with Crippen molar-refractivity contribution in [2.75, 3.05) is 0 Å². The average molecular weight is 225 g/mol. The molecule has 0 unspecified atom stereocenters. The third-order valence-corrected chi connectivity index (χ3v) is 1.99. The second-order valence-electron chi connectivity index (χ2n) is 3.15. The molecule has 17 heavy (non-hydrogen) atoms. The van der Waals surface area contributed by atoms with Gasteiger partial charge in [-0.1, -0.05) is 0 Å². The topological polar surface area (TPSA) is 75.9 Å². The smallest absolute Gasteiger partial charge is 0.346 e. The molecular formula is C12H7N3O2. The minimum absolute atomic E-state index is 0.275. The van der Waals surface area contributed by atoms with Gasteiger partial charge < -0.3 is 4.74 Å². The minimum Gasteiger partial charge on any atom is -0.423 e. The van der Waals surface area contributed by atoms with Crippen LogP contribution in [-0.4, -0.2) is 15.9 Å². The first-order valence-corrected chi connectivity index (χ1v) is 4.77. The van der Waals surface area contributed by atoms with Crippen LogP contribution >= 0.6 is 0 Å². The van der Waals surface area contributed by atoms with Crippen molar-refractivity contribution in [3.05, 3.63) is 54.1 Å². The largest absolute Gasteiger partial charge is 0.423 e. The third kappa shape index (κ3) is 2.63. The highest BCUT2D eigenvalue weighted by molar-refractivity contribution is 5.90. The number of hydrogen-bond acceptors (Lipinski definition) is 5. The van der Waals surface area contributed by atoms with Gasteiger partial charge in [-0.3, -0.25) is 0 Å². The fraction of sp³-hybridized carbons (Fsp3) is 0. The van der Waals surface area contributed by atoms with Gasteiger partial charge in [0.2, 0.25) is 0 Å². The molecule has 1 aromatic heterocycles. The van der Waals surface area contributed by atoms with E-state index in [1.807, 2.05) is 6.07 Å². The summed E-state index contributed by atoms with van der Waals surface area (Å²) >= 11 is 0. The Kier molecular flexibility index (Phi) is 3.08. The lowest BCUT2D eigenvalue weighted by Gasteiger charge is -2.02. The highest BCUT2D eigenvalue weighted by atomic mass is 16.5. The van der Waals surface area contributed by atoms with Gasteiger partial charge in [0.05, 0.1) is 17.2 Å². The molecule has 0 atom stereocenters. The summed E-state index contributed by atoms with van der Waals surface area (Å²) in [5.74, 6) is -0.159. The molecule has 0 spiro atoms. The monoisotopic (exact) mass is 225 g/mol. The molecule has 0 saturated heterocycles. The maximum atomic E-state index is 11.6. The molecule has 82 valence electrons. The first-order chi connectivity index (χ1) is 8.29. The van der Waals surface area contributed by atoms with E-state index in [-0.39, 0.29) is 5.56 Å². The maximum Gasteiger partial charge on any atom is 0.346 e. The van der Waals surface area contributed by atoms with E-state index >= 15 is 0 Å². The summed E-state index contributed by atoms with van der Waals surface area (Å²) in [6, 6.07) is 8.24. The second-order valence-corrected chi connectivity index (χ2v) is 3.15. The van der Waals surface area contributed by atoms with Crippen molar-refractivity contribution in [1.29, 1.82) is 5.26 Å². The maximum absolute atomic E-state index is 11.6. The van der Waals surface area contributed by atoms with Crippen LogP contribution in [0.25, 0.3) is 0 Å². The lowest BCUT2D eigenvalue weighted by atomic mass is 10.2. The van der Waals surface area contributed by atoms with E-state index in [4.69, 9.17) is 10.00 Å². The predicted octanol–water partition coefficient (Wildman–Crippen LogP) is 1.57. The van der Waals surface area contributed by atoms with E-state index in [0.717, 1.165) is 0 Å². The molecule has 0 fully saturated rings. The lowest BCUT2D eigenvalue weighted by molar-refractivity contribution is 0.0734. The molecule has 0 radical (unpaired) electrons. The molecule has 0 aliphatic rings. The summed E-state index contributed by atoms with van der Waals surface area (Å²) in [4.78, 5) is 19.0. The van der Waals surface area contributed by atoms with E-state index < -0.39 is 5.97 Å². The summed E-state index contributed by atoms with van der Waals surface area (Å²) < 4.78 is 5.07. The molecule has 0 aliphatic carbocycles. The van der Waals surface area contributed by atoms with Gasteiger partial charge in [0.1, 0.15) is 12.1 Å². The molecular weight excluding hydrogens is 218 g/mol. The zero-order valence-electron chi connectivity index (χ0n) is 8.70. The molecule has 0 bridgehead atoms. The van der Waals surface area contributed by atoms with Crippen molar-refractivity contribution in [3.8, 4) is 11.8 Å². The summed E-state index contributed by atoms with van der Waals surface area (Å²) in [5.41, 5.74) is 0.782. The molecule has 5 nitrogen and oxygen atoms in total. The Morgan fingerprint density at radius 1 is 1.18 bits per heavy atom. The van der Waals surface area contributed by atoms with Crippen LogP contribution < -0.4 is 4.74 Å². The Morgan fingerprint density at radius 2 is 1.82 bits per heavy atom. The number of nitriles is 1. The molecule has 5 heteroatoms. The van der Waals surface area contributed by atoms with Gasteiger partial charge in [-0.25, -0.2) is 14.8 Å². The second kappa shape index (κ2) is 4.86. The lowest BCUT2D eigenvalue weighted by Crippen LogP contribution is -2.09. The number of rotatable bonds is 2. The van der Waals surface area contributed by atoms with E-state index in [1.54, 1.807) is 24.3 Å². The van der Waals surface area contributed by atoms with Gasteiger partial charge in [0.25, 0.3) is 0 Å². The number of hydrogen-bond donors (Lipinski definition) is 0.